The zero-order valence-electron chi connectivity index (χ0n) is 25.6. The summed E-state index contributed by atoms with van der Waals surface area (Å²) in [5.41, 5.74) is 9.63. The van der Waals surface area contributed by atoms with Crippen molar-refractivity contribution in [2.45, 2.75) is 66.7 Å². The molecule has 3 aromatic heterocycles. The molecule has 6 N–H and O–H groups in total. The SMILES string of the molecule is C=Cc1c2[nH]c(c1C)C=C1N=C(C(CC(=O)O)=c3[nH]c(c(C)c3C(=O)O)=Cc3[nH]c(c(C)c3CC)C2)[C@@H](CCC(=O)O)[C@@H]1C. The number of nitrogens with one attached hydrogen (secondary N) is 3. The summed E-state index contributed by atoms with van der Waals surface area (Å²) in [5, 5.41) is 30.6. The number of H-pyrrole nitrogens is 3. The highest BCUT2D eigenvalue weighted by Gasteiger charge is 2.36. The summed E-state index contributed by atoms with van der Waals surface area (Å²) in [6, 6.07) is 0. The van der Waals surface area contributed by atoms with E-state index in [2.05, 4.69) is 35.4 Å². The highest BCUT2D eigenvalue weighted by molar-refractivity contribution is 6.24. The van der Waals surface area contributed by atoms with E-state index in [1.54, 1.807) is 6.92 Å². The zero-order valence-corrected chi connectivity index (χ0v) is 25.6. The molecule has 10 nitrogen and oxygen atoms in total. The first kappa shape index (κ1) is 30.6. The van der Waals surface area contributed by atoms with Crippen molar-refractivity contribution in [3.8, 4) is 0 Å². The number of aliphatic carboxylic acids is 2. The predicted octanol–water partition coefficient (Wildman–Crippen LogP) is 4.47. The summed E-state index contributed by atoms with van der Waals surface area (Å²) in [6.45, 7) is 13.9. The predicted molar refractivity (Wildman–Crippen MR) is 169 cm³/mol. The van der Waals surface area contributed by atoms with E-state index < -0.39 is 30.2 Å². The van der Waals surface area contributed by atoms with Crippen LogP contribution in [0.25, 0.3) is 23.8 Å². The minimum Gasteiger partial charge on any atom is -0.481 e. The Bertz CT molecular complexity index is 1910. The van der Waals surface area contributed by atoms with Crippen molar-refractivity contribution in [2.24, 2.45) is 16.8 Å². The second-order valence-corrected chi connectivity index (χ2v) is 11.7. The van der Waals surface area contributed by atoms with E-state index in [1.165, 1.54) is 0 Å². The van der Waals surface area contributed by atoms with Crippen LogP contribution in [0.3, 0.4) is 0 Å². The maximum Gasteiger partial charge on any atom is 0.338 e. The first-order valence-corrected chi connectivity index (χ1v) is 14.8. The van der Waals surface area contributed by atoms with Crippen LogP contribution in [-0.4, -0.2) is 53.9 Å². The van der Waals surface area contributed by atoms with E-state index in [0.717, 1.165) is 51.5 Å². The van der Waals surface area contributed by atoms with E-state index in [-0.39, 0.29) is 35.2 Å². The minimum atomic E-state index is -1.19. The van der Waals surface area contributed by atoms with Crippen LogP contribution in [0.4, 0.5) is 0 Å². The minimum absolute atomic E-state index is 0.0248. The highest BCUT2D eigenvalue weighted by Crippen LogP contribution is 2.39. The lowest BCUT2D eigenvalue weighted by atomic mass is 9.82. The molecule has 0 saturated carbocycles. The highest BCUT2D eigenvalue weighted by atomic mass is 16.4. The number of carbonyl (C=O) groups is 3. The van der Waals surface area contributed by atoms with E-state index in [0.29, 0.717) is 28.7 Å². The van der Waals surface area contributed by atoms with E-state index >= 15 is 0 Å². The summed E-state index contributed by atoms with van der Waals surface area (Å²) in [7, 11) is 0. The lowest BCUT2D eigenvalue weighted by Gasteiger charge is -2.19. The van der Waals surface area contributed by atoms with Gasteiger partial charge in [-0.05, 0) is 73.6 Å². The number of carboxylic acid groups (broad SMARTS) is 3. The Kier molecular flexibility index (Phi) is 8.11. The first-order chi connectivity index (χ1) is 20.9. The number of hydrogen-bond donors (Lipinski definition) is 6. The Morgan fingerprint density at radius 1 is 0.977 bits per heavy atom. The number of hydrogen-bond acceptors (Lipinski definition) is 4. The van der Waals surface area contributed by atoms with Crippen molar-refractivity contribution in [1.29, 1.82) is 0 Å². The van der Waals surface area contributed by atoms with Crippen LogP contribution in [0.1, 0.15) is 94.1 Å². The number of aliphatic imine (C=N–C) groups is 1. The van der Waals surface area contributed by atoms with Gasteiger partial charge in [-0.3, -0.25) is 14.6 Å². The summed E-state index contributed by atoms with van der Waals surface area (Å²) in [5.74, 6) is -4.00. The molecule has 2 aliphatic heterocycles. The molecule has 230 valence electrons. The van der Waals surface area contributed by atoms with Gasteiger partial charge >= 0.3 is 17.9 Å². The molecule has 0 radical (unpaired) electrons. The van der Waals surface area contributed by atoms with Crippen molar-refractivity contribution in [3.05, 3.63) is 79.1 Å². The molecule has 0 spiro atoms. The fourth-order valence-electron chi connectivity index (χ4n) is 6.79. The molecule has 2 aliphatic rings. The summed E-state index contributed by atoms with van der Waals surface area (Å²) in [6.07, 6.45) is 6.58. The average molecular weight is 599 g/mol. The molecule has 8 bridgehead atoms. The van der Waals surface area contributed by atoms with Gasteiger partial charge in [0.2, 0.25) is 0 Å². The van der Waals surface area contributed by atoms with Gasteiger partial charge in [0.1, 0.15) is 0 Å². The number of fused-ring (bicyclic) bond motifs is 7. The molecule has 10 heteroatoms. The van der Waals surface area contributed by atoms with Crippen LogP contribution in [0.15, 0.2) is 17.3 Å². The van der Waals surface area contributed by atoms with Crippen molar-refractivity contribution >= 4 is 47.4 Å². The molecular weight excluding hydrogens is 560 g/mol. The Labute approximate surface area is 254 Å². The van der Waals surface area contributed by atoms with E-state index in [1.807, 2.05) is 32.1 Å². The van der Waals surface area contributed by atoms with E-state index in [4.69, 9.17) is 4.99 Å². The average Bonchev–Trinajstić information content (AvgIpc) is 3.63. The number of aromatic amines is 3. The Morgan fingerprint density at radius 2 is 1.68 bits per heavy atom. The molecule has 2 atom stereocenters. The Balaban J connectivity index is 1.94. The molecule has 3 aromatic rings. The third-order valence-corrected chi connectivity index (χ3v) is 9.21. The molecule has 5 rings (SSSR count). The molecule has 0 aliphatic carbocycles. The number of rotatable bonds is 8. The van der Waals surface area contributed by atoms with Crippen LogP contribution in [-0.2, 0) is 22.4 Å². The third-order valence-electron chi connectivity index (χ3n) is 9.21. The molecule has 44 heavy (non-hydrogen) atoms. The van der Waals surface area contributed by atoms with Gasteiger partial charge in [0, 0.05) is 64.1 Å². The lowest BCUT2D eigenvalue weighted by molar-refractivity contribution is -0.137. The van der Waals surface area contributed by atoms with Crippen molar-refractivity contribution in [3.63, 3.8) is 0 Å². The van der Waals surface area contributed by atoms with Gasteiger partial charge in [0.15, 0.2) is 0 Å². The Hall–Kier alpha value is -4.86. The zero-order chi connectivity index (χ0) is 32.0. The van der Waals surface area contributed by atoms with Gasteiger partial charge in [-0.1, -0.05) is 26.5 Å². The van der Waals surface area contributed by atoms with E-state index in [9.17, 15) is 29.7 Å². The second-order valence-electron chi connectivity index (χ2n) is 11.7. The van der Waals surface area contributed by atoms with Crippen molar-refractivity contribution in [2.75, 3.05) is 0 Å². The molecule has 0 unspecified atom stereocenters. The molecular formula is C34H38N4O6. The van der Waals surface area contributed by atoms with Gasteiger partial charge in [-0.2, -0.15) is 0 Å². The van der Waals surface area contributed by atoms with Crippen LogP contribution in [0.5, 0.6) is 0 Å². The topological polar surface area (TPSA) is 172 Å². The largest absolute Gasteiger partial charge is 0.481 e. The monoisotopic (exact) mass is 598 g/mol. The number of aromatic carboxylic acids is 1. The van der Waals surface area contributed by atoms with Gasteiger partial charge in [0.05, 0.1) is 23.0 Å². The van der Waals surface area contributed by atoms with Crippen LogP contribution < -0.4 is 10.7 Å². The fraction of sp³-hybridized carbons (Fsp3) is 0.353. The lowest BCUT2D eigenvalue weighted by Crippen LogP contribution is -2.28. The number of carboxylic acids is 3. The number of nitrogens with zero attached hydrogens (tertiary/aromatic N) is 1. The molecule has 5 heterocycles. The number of allylic oxidation sites excluding steroid dienone is 1. The maximum absolute atomic E-state index is 12.7. The standard InChI is InChI=1S/C34H38N4O6/c1-7-19-15(3)23-12-25-17(5)21(9-10-29(39)40)32(37-25)22(11-30(41)42)33-31(34(43)44)18(6)26(38-33)14-28-20(8-2)16(4)24(36-28)13-27(19)35-23/h7,12,14,17,21,35-36,38H,1,8-11,13H2,2-6H3,(H,39,40)(H,41,42)(H,43,44)/t17-,21-/m0/s1. The second kappa shape index (κ2) is 11.7. The number of aromatic nitrogens is 3. The van der Waals surface area contributed by atoms with Gasteiger partial charge < -0.3 is 30.3 Å². The van der Waals surface area contributed by atoms with Crippen molar-refractivity contribution in [1.82, 2.24) is 15.0 Å². The van der Waals surface area contributed by atoms with Gasteiger partial charge in [0.25, 0.3) is 0 Å². The molecule has 0 fully saturated rings. The Morgan fingerprint density at radius 3 is 2.30 bits per heavy atom. The fourth-order valence-corrected chi connectivity index (χ4v) is 6.79. The molecule has 0 amide bonds. The smallest absolute Gasteiger partial charge is 0.338 e. The maximum atomic E-state index is 12.7. The normalized spacial score (nSPS) is 17.6. The summed E-state index contributed by atoms with van der Waals surface area (Å²) < 4.78 is 0. The first-order valence-electron chi connectivity index (χ1n) is 14.8. The summed E-state index contributed by atoms with van der Waals surface area (Å²) in [4.78, 5) is 52.0. The molecule has 0 saturated heterocycles. The molecule has 0 aromatic carbocycles. The quantitative estimate of drug-likeness (QED) is 0.223. The third kappa shape index (κ3) is 5.25. The van der Waals surface area contributed by atoms with Crippen molar-refractivity contribution < 1.29 is 29.7 Å². The van der Waals surface area contributed by atoms with Crippen LogP contribution >= 0.6 is 0 Å². The van der Waals surface area contributed by atoms with Gasteiger partial charge in [-0.25, -0.2) is 4.79 Å². The summed E-state index contributed by atoms with van der Waals surface area (Å²) >= 11 is 0. The van der Waals surface area contributed by atoms with Crippen LogP contribution in [0, 0.1) is 32.6 Å². The van der Waals surface area contributed by atoms with Gasteiger partial charge in [-0.15, -0.1) is 0 Å². The van der Waals surface area contributed by atoms with Crippen LogP contribution in [0.2, 0.25) is 0 Å².